The van der Waals surface area contributed by atoms with E-state index in [4.69, 9.17) is 9.15 Å². The molecule has 118 valence electrons. The Morgan fingerprint density at radius 2 is 2.09 bits per heavy atom. The lowest BCUT2D eigenvalue weighted by atomic mass is 10.1. The Morgan fingerprint density at radius 1 is 1.36 bits per heavy atom. The summed E-state index contributed by atoms with van der Waals surface area (Å²) in [4.78, 5) is 29.0. The average Bonchev–Trinajstić information content (AvgIpc) is 3.06. The molecule has 6 nitrogen and oxygen atoms in total. The molecular formula is C16H20N2O4. The second kappa shape index (κ2) is 6.51. The van der Waals surface area contributed by atoms with Crippen molar-refractivity contribution in [2.75, 3.05) is 13.7 Å². The molecule has 0 radical (unpaired) electrons. The second-order valence-electron chi connectivity index (χ2n) is 5.09. The number of aromatic nitrogens is 1. The number of H-pyrrole nitrogens is 1. The maximum atomic E-state index is 12.5. The van der Waals surface area contributed by atoms with Crippen LogP contribution in [-0.2, 0) is 11.3 Å². The topological polar surface area (TPSA) is 75.5 Å². The Morgan fingerprint density at radius 3 is 2.68 bits per heavy atom. The molecule has 1 amide bonds. The van der Waals surface area contributed by atoms with Crippen LogP contribution in [-0.4, -0.2) is 35.4 Å². The SMILES string of the molecule is CCOC(=O)c1c(C)[nH]c(C(=O)N(C)Cc2ccco2)c1C. The first kappa shape index (κ1) is 15.9. The summed E-state index contributed by atoms with van der Waals surface area (Å²) in [6.45, 7) is 5.90. The third-order valence-corrected chi connectivity index (χ3v) is 3.45. The van der Waals surface area contributed by atoms with Crippen molar-refractivity contribution < 1.29 is 18.7 Å². The lowest BCUT2D eigenvalue weighted by Crippen LogP contribution is -2.27. The van der Waals surface area contributed by atoms with Crippen LogP contribution in [0.1, 0.15) is 44.8 Å². The Labute approximate surface area is 129 Å². The number of hydrogen-bond donors (Lipinski definition) is 1. The van der Waals surface area contributed by atoms with E-state index >= 15 is 0 Å². The van der Waals surface area contributed by atoms with Crippen LogP contribution in [0.5, 0.6) is 0 Å². The van der Waals surface area contributed by atoms with E-state index in [-0.39, 0.29) is 5.91 Å². The Balaban J connectivity index is 2.23. The van der Waals surface area contributed by atoms with Gasteiger partial charge < -0.3 is 19.0 Å². The summed E-state index contributed by atoms with van der Waals surface area (Å²) in [5.74, 6) is 0.0800. The number of rotatable bonds is 5. The van der Waals surface area contributed by atoms with E-state index in [1.165, 1.54) is 4.90 Å². The Bertz CT molecular complexity index is 671. The summed E-state index contributed by atoms with van der Waals surface area (Å²) in [6.07, 6.45) is 1.57. The van der Waals surface area contributed by atoms with Gasteiger partial charge in [0, 0.05) is 12.7 Å². The van der Waals surface area contributed by atoms with Crippen molar-refractivity contribution >= 4 is 11.9 Å². The minimum Gasteiger partial charge on any atom is -0.467 e. The molecule has 0 bridgehead atoms. The van der Waals surface area contributed by atoms with Gasteiger partial charge in [-0.05, 0) is 38.5 Å². The van der Waals surface area contributed by atoms with Gasteiger partial charge in [0.15, 0.2) is 0 Å². The van der Waals surface area contributed by atoms with Crippen LogP contribution < -0.4 is 0 Å². The third-order valence-electron chi connectivity index (χ3n) is 3.45. The highest BCUT2D eigenvalue weighted by Gasteiger charge is 2.24. The molecule has 0 aliphatic heterocycles. The maximum Gasteiger partial charge on any atom is 0.340 e. The van der Waals surface area contributed by atoms with Crippen molar-refractivity contribution in [3.63, 3.8) is 0 Å². The fourth-order valence-corrected chi connectivity index (χ4v) is 2.37. The molecule has 22 heavy (non-hydrogen) atoms. The lowest BCUT2D eigenvalue weighted by Gasteiger charge is -2.15. The summed E-state index contributed by atoms with van der Waals surface area (Å²) >= 11 is 0. The van der Waals surface area contributed by atoms with Crippen molar-refractivity contribution in [3.05, 3.63) is 46.7 Å². The Hall–Kier alpha value is -2.50. The number of amides is 1. The zero-order valence-electron chi connectivity index (χ0n) is 13.2. The smallest absolute Gasteiger partial charge is 0.340 e. The van der Waals surface area contributed by atoms with Crippen LogP contribution in [0, 0.1) is 13.8 Å². The van der Waals surface area contributed by atoms with E-state index in [1.54, 1.807) is 46.2 Å². The van der Waals surface area contributed by atoms with Gasteiger partial charge in [-0.15, -0.1) is 0 Å². The third kappa shape index (κ3) is 3.05. The normalized spacial score (nSPS) is 10.5. The number of esters is 1. The molecule has 1 N–H and O–H groups in total. The number of aryl methyl sites for hydroxylation is 1. The van der Waals surface area contributed by atoms with Gasteiger partial charge in [-0.3, -0.25) is 4.79 Å². The average molecular weight is 304 g/mol. The summed E-state index contributed by atoms with van der Waals surface area (Å²) in [5.41, 5.74) is 2.06. The van der Waals surface area contributed by atoms with E-state index in [1.807, 2.05) is 0 Å². The van der Waals surface area contributed by atoms with Gasteiger partial charge in [-0.25, -0.2) is 4.79 Å². The first-order valence-electron chi connectivity index (χ1n) is 7.09. The van der Waals surface area contributed by atoms with E-state index in [0.717, 1.165) is 0 Å². The van der Waals surface area contributed by atoms with Crippen LogP contribution >= 0.6 is 0 Å². The van der Waals surface area contributed by atoms with Gasteiger partial charge in [-0.1, -0.05) is 0 Å². The quantitative estimate of drug-likeness (QED) is 0.862. The largest absolute Gasteiger partial charge is 0.467 e. The standard InChI is InChI=1S/C16H20N2O4/c1-5-21-16(20)13-10(2)14(17-11(13)3)15(19)18(4)9-12-7-6-8-22-12/h6-8,17H,5,9H2,1-4H3. The van der Waals surface area contributed by atoms with Crippen LogP contribution in [0.25, 0.3) is 0 Å². The van der Waals surface area contributed by atoms with Crippen molar-refractivity contribution in [2.24, 2.45) is 0 Å². The van der Waals surface area contributed by atoms with Gasteiger partial charge in [0.05, 0.1) is 25.0 Å². The molecule has 2 heterocycles. The fraction of sp³-hybridized carbons (Fsp3) is 0.375. The van der Waals surface area contributed by atoms with E-state index < -0.39 is 5.97 Å². The minimum atomic E-state index is -0.415. The molecule has 0 aliphatic carbocycles. The number of hydrogen-bond acceptors (Lipinski definition) is 4. The number of nitrogens with zero attached hydrogens (tertiary/aromatic N) is 1. The molecule has 0 saturated carbocycles. The van der Waals surface area contributed by atoms with Crippen molar-refractivity contribution in [1.82, 2.24) is 9.88 Å². The first-order chi connectivity index (χ1) is 10.5. The van der Waals surface area contributed by atoms with Crippen LogP contribution in [0.2, 0.25) is 0 Å². The minimum absolute atomic E-state index is 0.201. The van der Waals surface area contributed by atoms with Gasteiger partial charge in [0.1, 0.15) is 11.5 Å². The van der Waals surface area contributed by atoms with Gasteiger partial charge in [-0.2, -0.15) is 0 Å². The summed E-state index contributed by atoms with van der Waals surface area (Å²) < 4.78 is 10.3. The molecule has 0 spiro atoms. The molecule has 2 rings (SSSR count). The number of nitrogens with one attached hydrogen (secondary N) is 1. The molecular weight excluding hydrogens is 284 g/mol. The molecule has 6 heteroatoms. The zero-order valence-corrected chi connectivity index (χ0v) is 13.2. The first-order valence-corrected chi connectivity index (χ1v) is 7.09. The van der Waals surface area contributed by atoms with Gasteiger partial charge in [0.2, 0.25) is 0 Å². The maximum absolute atomic E-state index is 12.5. The van der Waals surface area contributed by atoms with E-state index in [2.05, 4.69) is 4.98 Å². The van der Waals surface area contributed by atoms with Crippen molar-refractivity contribution in [3.8, 4) is 0 Å². The molecule has 2 aromatic rings. The summed E-state index contributed by atoms with van der Waals surface area (Å²) in [5, 5.41) is 0. The predicted molar refractivity (Wildman–Crippen MR) is 80.7 cm³/mol. The molecule has 0 saturated heterocycles. The van der Waals surface area contributed by atoms with Gasteiger partial charge in [0.25, 0.3) is 5.91 Å². The number of carbonyl (C=O) groups excluding carboxylic acids is 2. The second-order valence-corrected chi connectivity index (χ2v) is 5.09. The number of furan rings is 1. The molecule has 0 atom stereocenters. The Kier molecular flexibility index (Phi) is 4.70. The van der Waals surface area contributed by atoms with Crippen molar-refractivity contribution in [1.29, 1.82) is 0 Å². The zero-order chi connectivity index (χ0) is 16.3. The van der Waals surface area contributed by atoms with Crippen LogP contribution in [0.15, 0.2) is 22.8 Å². The van der Waals surface area contributed by atoms with E-state index in [0.29, 0.717) is 41.4 Å². The molecule has 2 aromatic heterocycles. The van der Waals surface area contributed by atoms with E-state index in [9.17, 15) is 9.59 Å². The predicted octanol–water partition coefficient (Wildman–Crippen LogP) is 2.67. The summed E-state index contributed by atoms with van der Waals surface area (Å²) in [7, 11) is 1.69. The highest BCUT2D eigenvalue weighted by atomic mass is 16.5. The van der Waals surface area contributed by atoms with Crippen molar-refractivity contribution in [2.45, 2.75) is 27.3 Å². The van der Waals surface area contributed by atoms with Gasteiger partial charge >= 0.3 is 5.97 Å². The highest BCUT2D eigenvalue weighted by molar-refractivity contribution is 6.00. The number of ether oxygens (including phenoxy) is 1. The highest BCUT2D eigenvalue weighted by Crippen LogP contribution is 2.20. The fourth-order valence-electron chi connectivity index (χ4n) is 2.37. The summed E-state index contributed by atoms with van der Waals surface area (Å²) in [6, 6.07) is 3.58. The lowest BCUT2D eigenvalue weighted by molar-refractivity contribution is 0.0525. The van der Waals surface area contributed by atoms with Crippen LogP contribution in [0.4, 0.5) is 0 Å². The molecule has 0 fully saturated rings. The molecule has 0 unspecified atom stereocenters. The molecule has 0 aromatic carbocycles. The van der Waals surface area contributed by atoms with Crippen LogP contribution in [0.3, 0.4) is 0 Å². The number of carbonyl (C=O) groups is 2. The molecule has 0 aliphatic rings. The monoisotopic (exact) mass is 304 g/mol. The number of aromatic amines is 1.